The highest BCUT2D eigenvalue weighted by Gasteiger charge is 2.37. The molecule has 0 radical (unpaired) electrons. The number of rotatable bonds is 2. The summed E-state index contributed by atoms with van der Waals surface area (Å²) in [5.74, 6) is -0.197. The van der Waals surface area contributed by atoms with Crippen LogP contribution in [0.5, 0.6) is 0 Å². The Morgan fingerprint density at radius 2 is 1.83 bits per heavy atom. The summed E-state index contributed by atoms with van der Waals surface area (Å²) < 4.78 is 0. The smallest absolute Gasteiger partial charge is 0.230 e. The zero-order chi connectivity index (χ0) is 13.3. The minimum Gasteiger partial charge on any atom is -0.399 e. The van der Waals surface area contributed by atoms with Gasteiger partial charge in [0.05, 0.1) is 6.54 Å². The SMILES string of the molecule is CC1(C)CC(=O)N(Cc2cccc(N)c2)C(=O)C1. The van der Waals surface area contributed by atoms with Crippen molar-refractivity contribution >= 4 is 17.5 Å². The number of piperidine rings is 1. The second kappa shape index (κ2) is 4.44. The Labute approximate surface area is 107 Å². The van der Waals surface area contributed by atoms with Crippen molar-refractivity contribution in [3.05, 3.63) is 29.8 Å². The van der Waals surface area contributed by atoms with Crippen molar-refractivity contribution in [2.75, 3.05) is 5.73 Å². The minimum absolute atomic E-state index is 0.0984. The predicted octanol–water partition coefficient (Wildman–Crippen LogP) is 1.94. The molecular formula is C14H18N2O2. The molecule has 2 rings (SSSR count). The van der Waals surface area contributed by atoms with Gasteiger partial charge in [-0.3, -0.25) is 14.5 Å². The van der Waals surface area contributed by atoms with Crippen molar-refractivity contribution in [2.45, 2.75) is 33.2 Å². The first-order valence-electron chi connectivity index (χ1n) is 6.05. The Kier molecular flexibility index (Phi) is 3.11. The van der Waals surface area contributed by atoms with Crippen molar-refractivity contribution in [3.8, 4) is 0 Å². The van der Waals surface area contributed by atoms with Gasteiger partial charge in [0.25, 0.3) is 0 Å². The minimum atomic E-state index is -0.222. The van der Waals surface area contributed by atoms with Gasteiger partial charge in [-0.2, -0.15) is 0 Å². The lowest BCUT2D eigenvalue weighted by atomic mass is 9.81. The molecule has 1 aromatic rings. The van der Waals surface area contributed by atoms with Crippen molar-refractivity contribution in [2.24, 2.45) is 5.41 Å². The van der Waals surface area contributed by atoms with E-state index in [-0.39, 0.29) is 17.2 Å². The molecule has 0 atom stereocenters. The number of amides is 2. The van der Waals surface area contributed by atoms with Crippen molar-refractivity contribution < 1.29 is 9.59 Å². The molecule has 4 heteroatoms. The van der Waals surface area contributed by atoms with Gasteiger partial charge in [-0.25, -0.2) is 0 Å². The van der Waals surface area contributed by atoms with Crippen molar-refractivity contribution in [1.82, 2.24) is 4.90 Å². The molecular weight excluding hydrogens is 228 g/mol. The number of likely N-dealkylation sites (tertiary alicyclic amines) is 1. The number of benzene rings is 1. The molecule has 0 unspecified atom stereocenters. The van der Waals surface area contributed by atoms with Gasteiger partial charge >= 0.3 is 0 Å². The Morgan fingerprint density at radius 3 is 2.39 bits per heavy atom. The van der Waals surface area contributed by atoms with Gasteiger partial charge in [-0.1, -0.05) is 26.0 Å². The Balaban J connectivity index is 2.15. The van der Waals surface area contributed by atoms with E-state index in [0.29, 0.717) is 25.1 Å². The molecule has 2 amide bonds. The van der Waals surface area contributed by atoms with Crippen LogP contribution >= 0.6 is 0 Å². The highest BCUT2D eigenvalue weighted by Crippen LogP contribution is 2.32. The molecule has 0 aromatic heterocycles. The quantitative estimate of drug-likeness (QED) is 0.640. The maximum absolute atomic E-state index is 12.0. The Morgan fingerprint density at radius 1 is 1.22 bits per heavy atom. The number of nitrogens with two attached hydrogens (primary N) is 1. The van der Waals surface area contributed by atoms with E-state index < -0.39 is 0 Å². The van der Waals surface area contributed by atoms with Gasteiger partial charge < -0.3 is 5.73 Å². The third-order valence-electron chi connectivity index (χ3n) is 3.15. The van der Waals surface area contributed by atoms with Crippen LogP contribution in [0.15, 0.2) is 24.3 Å². The Bertz CT molecular complexity index is 474. The average molecular weight is 246 g/mol. The maximum atomic E-state index is 12.0. The molecule has 1 heterocycles. The highest BCUT2D eigenvalue weighted by atomic mass is 16.2. The molecule has 1 saturated heterocycles. The molecule has 0 bridgehead atoms. The van der Waals surface area contributed by atoms with Gasteiger partial charge in [0.1, 0.15) is 0 Å². The fourth-order valence-corrected chi connectivity index (χ4v) is 2.26. The fourth-order valence-electron chi connectivity index (χ4n) is 2.26. The van der Waals surface area contributed by atoms with Crippen LogP contribution in [0.1, 0.15) is 32.3 Å². The molecule has 1 fully saturated rings. The number of imide groups is 1. The van der Waals surface area contributed by atoms with E-state index in [1.165, 1.54) is 4.90 Å². The highest BCUT2D eigenvalue weighted by molar-refractivity contribution is 5.98. The van der Waals surface area contributed by atoms with Gasteiger partial charge in [-0.05, 0) is 23.1 Å². The van der Waals surface area contributed by atoms with Gasteiger partial charge in [0.15, 0.2) is 0 Å². The molecule has 1 aliphatic heterocycles. The number of nitrogens with zero attached hydrogens (tertiary/aromatic N) is 1. The third kappa shape index (κ3) is 2.70. The first-order chi connectivity index (χ1) is 8.37. The average Bonchev–Trinajstić information content (AvgIpc) is 2.22. The number of hydrogen-bond donors (Lipinski definition) is 1. The van der Waals surface area contributed by atoms with Crippen LogP contribution in [0.4, 0.5) is 5.69 Å². The fraction of sp³-hybridized carbons (Fsp3) is 0.429. The zero-order valence-corrected chi connectivity index (χ0v) is 10.8. The molecule has 1 aliphatic rings. The normalized spacial score (nSPS) is 19.1. The molecule has 18 heavy (non-hydrogen) atoms. The van der Waals surface area contributed by atoms with E-state index in [4.69, 9.17) is 5.73 Å². The van der Waals surface area contributed by atoms with Crippen LogP contribution in [0.3, 0.4) is 0 Å². The summed E-state index contributed by atoms with van der Waals surface area (Å²) in [4.78, 5) is 25.3. The first kappa shape index (κ1) is 12.6. The van der Waals surface area contributed by atoms with Crippen LogP contribution in [0.25, 0.3) is 0 Å². The predicted molar refractivity (Wildman–Crippen MR) is 69.4 cm³/mol. The van der Waals surface area contributed by atoms with E-state index in [2.05, 4.69) is 0 Å². The third-order valence-corrected chi connectivity index (χ3v) is 3.15. The summed E-state index contributed by atoms with van der Waals surface area (Å²) in [5.41, 5.74) is 6.99. The lowest BCUT2D eigenvalue weighted by Crippen LogP contribution is -2.45. The summed E-state index contributed by atoms with van der Waals surface area (Å²) in [7, 11) is 0. The monoisotopic (exact) mass is 246 g/mol. The van der Waals surface area contributed by atoms with Gasteiger partial charge in [0, 0.05) is 18.5 Å². The van der Waals surface area contributed by atoms with Crippen molar-refractivity contribution in [1.29, 1.82) is 0 Å². The molecule has 2 N–H and O–H groups in total. The van der Waals surface area contributed by atoms with Crippen LogP contribution in [-0.2, 0) is 16.1 Å². The first-order valence-corrected chi connectivity index (χ1v) is 6.05. The number of anilines is 1. The van der Waals surface area contributed by atoms with Crippen LogP contribution in [-0.4, -0.2) is 16.7 Å². The second-order valence-corrected chi connectivity index (χ2v) is 5.64. The summed E-state index contributed by atoms with van der Waals surface area (Å²) in [6, 6.07) is 7.27. The molecule has 1 aromatic carbocycles. The van der Waals surface area contributed by atoms with Crippen LogP contribution in [0.2, 0.25) is 0 Å². The van der Waals surface area contributed by atoms with E-state index in [9.17, 15) is 9.59 Å². The van der Waals surface area contributed by atoms with Crippen molar-refractivity contribution in [3.63, 3.8) is 0 Å². The van der Waals surface area contributed by atoms with E-state index in [1.54, 1.807) is 12.1 Å². The summed E-state index contributed by atoms with van der Waals surface area (Å²) in [6.45, 7) is 4.21. The summed E-state index contributed by atoms with van der Waals surface area (Å²) in [6.07, 6.45) is 0.835. The standard InChI is InChI=1S/C14H18N2O2/c1-14(2)7-12(17)16(13(18)8-14)9-10-4-3-5-11(15)6-10/h3-6H,7-9,15H2,1-2H3. The number of carbonyl (C=O) groups excluding carboxylic acids is 2. The Hall–Kier alpha value is -1.84. The lowest BCUT2D eigenvalue weighted by molar-refractivity contribution is -0.153. The lowest BCUT2D eigenvalue weighted by Gasteiger charge is -2.34. The van der Waals surface area contributed by atoms with Gasteiger partial charge in [0.2, 0.25) is 11.8 Å². The second-order valence-electron chi connectivity index (χ2n) is 5.64. The summed E-state index contributed by atoms with van der Waals surface area (Å²) in [5, 5.41) is 0. The molecule has 0 spiro atoms. The van der Waals surface area contributed by atoms with E-state index in [1.807, 2.05) is 26.0 Å². The zero-order valence-electron chi connectivity index (χ0n) is 10.8. The number of nitrogen functional groups attached to an aromatic ring is 1. The van der Waals surface area contributed by atoms with E-state index >= 15 is 0 Å². The van der Waals surface area contributed by atoms with E-state index in [0.717, 1.165) is 5.56 Å². The topological polar surface area (TPSA) is 63.4 Å². The molecule has 96 valence electrons. The van der Waals surface area contributed by atoms with Crippen LogP contribution < -0.4 is 5.73 Å². The largest absolute Gasteiger partial charge is 0.399 e. The number of carbonyl (C=O) groups is 2. The molecule has 4 nitrogen and oxygen atoms in total. The summed E-state index contributed by atoms with van der Waals surface area (Å²) >= 11 is 0. The maximum Gasteiger partial charge on any atom is 0.230 e. The van der Waals surface area contributed by atoms with Gasteiger partial charge in [-0.15, -0.1) is 0 Å². The molecule has 0 aliphatic carbocycles. The number of hydrogen-bond acceptors (Lipinski definition) is 3. The molecule has 0 saturated carbocycles. The van der Waals surface area contributed by atoms with Crippen LogP contribution in [0, 0.1) is 5.41 Å².